The number of nitrogens with two attached hydrogens (primary N) is 1. The number of hydrogen-bond acceptors (Lipinski definition) is 12. The lowest BCUT2D eigenvalue weighted by Crippen LogP contribution is -2.36. The Labute approximate surface area is 189 Å². The summed E-state index contributed by atoms with van der Waals surface area (Å²) in [6.07, 6.45) is 1.53. The lowest BCUT2D eigenvalue weighted by molar-refractivity contribution is -0.158. The molecule has 3 rings (SSSR count). The van der Waals surface area contributed by atoms with E-state index in [9.17, 15) is 15.0 Å². The van der Waals surface area contributed by atoms with Crippen LogP contribution in [0.5, 0.6) is 0 Å². The summed E-state index contributed by atoms with van der Waals surface area (Å²) in [6.45, 7) is -0.896. The van der Waals surface area contributed by atoms with E-state index in [-0.39, 0.29) is 34.6 Å². The van der Waals surface area contributed by atoms with Crippen LogP contribution in [0.25, 0.3) is 11.2 Å². The van der Waals surface area contributed by atoms with Gasteiger partial charge in [0.15, 0.2) is 29.9 Å². The van der Waals surface area contributed by atoms with Crippen molar-refractivity contribution in [3.05, 3.63) is 28.2 Å². The van der Waals surface area contributed by atoms with Gasteiger partial charge in [-0.05, 0) is 11.6 Å². The molecule has 170 valence electrons. The molecule has 6 N–H and O–H groups in total. The molecule has 3 heterocycles. The number of ether oxygens (including phenoxy) is 2. The molecule has 0 fully saturated rings. The molecule has 13 nitrogen and oxygen atoms in total. The van der Waals surface area contributed by atoms with E-state index in [2.05, 4.69) is 25.9 Å². The van der Waals surface area contributed by atoms with Crippen molar-refractivity contribution in [3.63, 3.8) is 0 Å². The van der Waals surface area contributed by atoms with E-state index >= 15 is 0 Å². The smallest absolute Gasteiger partial charge is 0.278 e. The molecule has 3 aromatic rings. The predicted molar refractivity (Wildman–Crippen MR) is 111 cm³/mol. The zero-order valence-electron chi connectivity index (χ0n) is 16.2. The Morgan fingerprint density at radius 3 is 2.84 bits per heavy atom. The number of aromatic nitrogens is 5. The van der Waals surface area contributed by atoms with Crippen LogP contribution in [0.15, 0.2) is 17.2 Å². The van der Waals surface area contributed by atoms with Crippen molar-refractivity contribution < 1.29 is 29.7 Å². The first kappa shape index (κ1) is 23.8. The number of nitrogens with zero attached hydrogens (tertiary/aromatic N) is 5. The van der Waals surface area contributed by atoms with Crippen molar-refractivity contribution in [1.82, 2.24) is 30.0 Å². The summed E-state index contributed by atoms with van der Waals surface area (Å²) in [4.78, 5) is 27.9. The van der Waals surface area contributed by atoms with Crippen molar-refractivity contribution in [1.29, 1.82) is 0 Å². The maximum absolute atomic E-state index is 11.9. The van der Waals surface area contributed by atoms with Crippen LogP contribution in [0, 0.1) is 12.3 Å². The van der Waals surface area contributed by atoms with Crippen molar-refractivity contribution in [2.24, 2.45) is 0 Å². The number of amides is 1. The van der Waals surface area contributed by atoms with Gasteiger partial charge in [-0.3, -0.25) is 14.6 Å². The summed E-state index contributed by atoms with van der Waals surface area (Å²) in [5.41, 5.74) is 9.37. The quantitative estimate of drug-likeness (QED) is 0.110. The number of imidazole rings is 1. The van der Waals surface area contributed by atoms with E-state index in [4.69, 9.17) is 38.4 Å². The van der Waals surface area contributed by atoms with Crippen molar-refractivity contribution in [3.8, 4) is 12.3 Å². The number of rotatable bonds is 10. The first-order chi connectivity index (χ1) is 15.4. The number of hydrogen-bond donors (Lipinski definition) is 5. The molecule has 0 saturated heterocycles. The lowest BCUT2D eigenvalue weighted by Gasteiger charge is -2.27. The summed E-state index contributed by atoms with van der Waals surface area (Å²) in [5.74, 6) is 1.28. The highest BCUT2D eigenvalue weighted by Crippen LogP contribution is 2.26. The zero-order chi connectivity index (χ0) is 23.3. The van der Waals surface area contributed by atoms with Gasteiger partial charge in [0.05, 0.1) is 30.7 Å². The van der Waals surface area contributed by atoms with Crippen LogP contribution < -0.4 is 11.2 Å². The van der Waals surface area contributed by atoms with E-state index in [1.165, 1.54) is 33.2 Å². The third-order valence-corrected chi connectivity index (χ3v) is 4.96. The van der Waals surface area contributed by atoms with E-state index in [0.717, 1.165) is 0 Å². The molecular formula is C17H18ClN7O6S. The van der Waals surface area contributed by atoms with Gasteiger partial charge >= 0.3 is 0 Å². The van der Waals surface area contributed by atoms with Gasteiger partial charge in [0.2, 0.25) is 5.28 Å². The third-order valence-electron chi connectivity index (χ3n) is 4.19. The average Bonchev–Trinajstić information content (AvgIpc) is 3.46. The maximum Gasteiger partial charge on any atom is 0.278 e. The molecule has 1 unspecified atom stereocenters. The molecular weight excluding hydrogens is 466 g/mol. The molecule has 0 aliphatic rings. The second kappa shape index (κ2) is 10.6. The predicted octanol–water partition coefficient (Wildman–Crippen LogP) is -0.348. The van der Waals surface area contributed by atoms with Crippen LogP contribution >= 0.6 is 22.9 Å². The van der Waals surface area contributed by atoms with Gasteiger partial charge in [-0.1, -0.05) is 5.92 Å². The number of aliphatic hydroxyl groups excluding tert-OH is 2. The summed E-state index contributed by atoms with van der Waals surface area (Å²) in [7, 11) is 0. The van der Waals surface area contributed by atoms with Gasteiger partial charge in [0.1, 0.15) is 11.6 Å². The molecule has 0 spiro atoms. The van der Waals surface area contributed by atoms with Crippen LogP contribution in [0.2, 0.25) is 5.28 Å². The largest absolute Gasteiger partial charge is 0.394 e. The van der Waals surface area contributed by atoms with Crippen molar-refractivity contribution in [2.75, 3.05) is 18.9 Å². The highest BCUT2D eigenvalue weighted by Gasteiger charge is 2.29. The lowest BCUT2D eigenvalue weighted by atomic mass is 10.2. The number of nitrogen functional groups attached to an aromatic ring is 1. The zero-order valence-corrected chi connectivity index (χ0v) is 17.8. The minimum Gasteiger partial charge on any atom is -0.394 e. The summed E-state index contributed by atoms with van der Waals surface area (Å²) >= 11 is 7.09. The highest BCUT2D eigenvalue weighted by atomic mass is 35.5. The average molecular weight is 484 g/mol. The molecule has 3 aromatic heterocycles. The number of carbonyl (C=O) groups excluding carboxylic acids is 1. The molecule has 0 aromatic carbocycles. The molecule has 0 aliphatic carbocycles. The van der Waals surface area contributed by atoms with Crippen LogP contribution in [-0.2, 0) is 14.3 Å². The number of halogens is 1. The molecule has 0 radical (unpaired) electrons. The molecule has 0 aliphatic heterocycles. The Morgan fingerprint density at radius 2 is 2.22 bits per heavy atom. The second-order valence-electron chi connectivity index (χ2n) is 6.25. The van der Waals surface area contributed by atoms with Crippen LogP contribution in [0.3, 0.4) is 0 Å². The Hall–Kier alpha value is -2.90. The molecule has 4 atom stereocenters. The van der Waals surface area contributed by atoms with E-state index < -0.39 is 37.1 Å². The standard InChI is InChI=1S/C17H18ClN7O6S/c1-2-10(27)16(25-6-20-11-13(19)22-17(18)23-14(11)25)31-8(3-26)4-30-12(15(28)24-29)9-5-32-7-21-9/h1,5-8,10,12,16,26-27,29H,3-4H2,(H,24,28)(H2,19,22,23)/t8-,10+,12?,16+/m0/s1. The minimum atomic E-state index is -1.49. The fourth-order valence-corrected chi connectivity index (χ4v) is 3.45. The van der Waals surface area contributed by atoms with Crippen molar-refractivity contribution in [2.45, 2.75) is 24.5 Å². The Balaban J connectivity index is 1.83. The number of fused-ring (bicyclic) bond motifs is 1. The Morgan fingerprint density at radius 1 is 1.44 bits per heavy atom. The maximum atomic E-state index is 11.9. The number of aliphatic hydroxyl groups is 2. The van der Waals surface area contributed by atoms with Gasteiger partial charge in [0, 0.05) is 5.38 Å². The molecule has 0 saturated carbocycles. The monoisotopic (exact) mass is 483 g/mol. The van der Waals surface area contributed by atoms with Gasteiger partial charge < -0.3 is 25.4 Å². The Bertz CT molecular complexity index is 1100. The van der Waals surface area contributed by atoms with Crippen molar-refractivity contribution >= 4 is 45.8 Å². The normalized spacial score (nSPS) is 15.1. The number of nitrogens with one attached hydrogen (secondary N) is 1. The number of thiazole rings is 1. The summed E-state index contributed by atoms with van der Waals surface area (Å²) in [6, 6.07) is 0. The number of hydroxylamine groups is 1. The van der Waals surface area contributed by atoms with Gasteiger partial charge in [-0.15, -0.1) is 17.8 Å². The number of anilines is 1. The number of carbonyl (C=O) groups is 1. The topological polar surface area (TPSA) is 191 Å². The Kier molecular flexibility index (Phi) is 7.88. The van der Waals surface area contributed by atoms with Gasteiger partial charge in [0.25, 0.3) is 5.91 Å². The SMILES string of the molecule is C#C[C@@H](O)[C@@H](O[C@@H](CO)COC(C(=O)NO)c1cscn1)n1cnc2c(N)nc(Cl)nc21. The molecule has 32 heavy (non-hydrogen) atoms. The van der Waals surface area contributed by atoms with Crippen LogP contribution in [0.1, 0.15) is 18.0 Å². The fourth-order valence-electron chi connectivity index (χ4n) is 2.71. The molecule has 15 heteroatoms. The second-order valence-corrected chi connectivity index (χ2v) is 7.30. The van der Waals surface area contributed by atoms with Gasteiger partial charge in [-0.2, -0.15) is 9.97 Å². The number of terminal acetylenes is 1. The van der Waals surface area contributed by atoms with Crippen LogP contribution in [0.4, 0.5) is 5.82 Å². The summed E-state index contributed by atoms with van der Waals surface area (Å²) in [5, 5.41) is 30.5. The first-order valence-electron chi connectivity index (χ1n) is 8.89. The summed E-state index contributed by atoms with van der Waals surface area (Å²) < 4.78 is 12.6. The van der Waals surface area contributed by atoms with E-state index in [0.29, 0.717) is 0 Å². The molecule has 0 bridgehead atoms. The minimum absolute atomic E-state index is 0.0101. The van der Waals surface area contributed by atoms with E-state index in [1.807, 2.05) is 0 Å². The first-order valence-corrected chi connectivity index (χ1v) is 10.2. The van der Waals surface area contributed by atoms with Gasteiger partial charge in [-0.25, -0.2) is 15.4 Å². The highest BCUT2D eigenvalue weighted by molar-refractivity contribution is 7.07. The van der Waals surface area contributed by atoms with E-state index in [1.54, 1.807) is 5.38 Å². The van der Waals surface area contributed by atoms with Crippen LogP contribution in [-0.4, -0.2) is 71.3 Å². The fraction of sp³-hybridized carbons (Fsp3) is 0.353. The molecule has 1 amide bonds. The third kappa shape index (κ3) is 5.11.